The molecule has 1 aliphatic carbocycles. The van der Waals surface area contributed by atoms with Crippen LogP contribution >= 0.6 is 92.3 Å². The molecule has 0 unspecified atom stereocenters. The van der Waals surface area contributed by atoms with Crippen molar-refractivity contribution < 1.29 is 28.6 Å². The summed E-state index contributed by atoms with van der Waals surface area (Å²) in [6, 6.07) is 14.3. The van der Waals surface area contributed by atoms with Gasteiger partial charge in [-0.15, -0.1) is 11.3 Å². The van der Waals surface area contributed by atoms with Gasteiger partial charge in [0.1, 0.15) is 23.2 Å². The van der Waals surface area contributed by atoms with Crippen LogP contribution in [0.25, 0.3) is 33.4 Å². The maximum Gasteiger partial charge on any atom is 0.324 e. The zero-order valence-corrected chi connectivity index (χ0v) is 44.4. The highest BCUT2D eigenvalue weighted by Crippen LogP contribution is 2.47. The number of aryl methyl sites for hydroxylation is 1. The lowest BCUT2D eigenvalue weighted by atomic mass is 9.84. The van der Waals surface area contributed by atoms with Crippen molar-refractivity contribution in [1.29, 1.82) is 0 Å². The SMILES string of the molecule is CCO[C@@H]1c2nc(cs2)-c2ccc3c(c2)c(c(-c2cccnc2[C@H](C)OC)n3CC)CC(C)(C)COC(=O)[C@@H]2CCCN(N2)C(=O)[C@H]1NC(=O)[C@H]1C[C@@H]1c1ccccn1.S.S.S.S.S.S. The van der Waals surface area contributed by atoms with E-state index in [1.165, 1.54) is 16.3 Å². The Kier molecular flexibility index (Phi) is 22.3. The number of pyridine rings is 2. The van der Waals surface area contributed by atoms with Crippen LogP contribution in [0.4, 0.5) is 0 Å². The summed E-state index contributed by atoms with van der Waals surface area (Å²) < 4.78 is 20.6. The number of esters is 1. The second kappa shape index (κ2) is 24.9. The molecule has 0 spiro atoms. The third-order valence-corrected chi connectivity index (χ3v) is 12.7. The fourth-order valence-electron chi connectivity index (χ4n) is 8.61. The van der Waals surface area contributed by atoms with Gasteiger partial charge in [0, 0.05) is 89.6 Å². The van der Waals surface area contributed by atoms with Gasteiger partial charge in [0.25, 0.3) is 5.91 Å². The van der Waals surface area contributed by atoms with E-state index in [2.05, 4.69) is 65.3 Å². The largest absolute Gasteiger partial charge is 0.464 e. The first-order valence-electron chi connectivity index (χ1n) is 20.7. The summed E-state index contributed by atoms with van der Waals surface area (Å²) >= 11 is 1.40. The number of thiazole rings is 1. The van der Waals surface area contributed by atoms with Gasteiger partial charge in [-0.3, -0.25) is 29.4 Å². The van der Waals surface area contributed by atoms with Crippen molar-refractivity contribution in [1.82, 2.24) is 35.3 Å². The number of methoxy groups -OCH3 is 1. The average molecular weight is 1020 g/mol. The monoisotopic (exact) mass is 1020 g/mol. The van der Waals surface area contributed by atoms with E-state index < -0.39 is 35.5 Å². The van der Waals surface area contributed by atoms with Crippen molar-refractivity contribution in [3.8, 4) is 22.5 Å². The van der Waals surface area contributed by atoms with E-state index in [-0.39, 0.29) is 118 Å². The number of hydrogen-bond donors (Lipinski definition) is 2. The van der Waals surface area contributed by atoms with Gasteiger partial charge < -0.3 is 24.1 Å². The fraction of sp³-hybridized carbons (Fsp3) is 0.467. The number of aromatic nitrogens is 4. The summed E-state index contributed by atoms with van der Waals surface area (Å²) in [5, 5.41) is 8.15. The van der Waals surface area contributed by atoms with Crippen LogP contribution in [0.3, 0.4) is 0 Å². The number of rotatable bonds is 9. The van der Waals surface area contributed by atoms with Crippen LogP contribution in [-0.2, 0) is 41.6 Å². The van der Waals surface area contributed by atoms with Crippen LogP contribution < -0.4 is 10.7 Å². The molecule has 0 radical (unpaired) electrons. The molecular weight excluding hydrogens is 959 g/mol. The summed E-state index contributed by atoms with van der Waals surface area (Å²) in [4.78, 5) is 56.9. The van der Waals surface area contributed by atoms with E-state index in [0.29, 0.717) is 43.8 Å². The van der Waals surface area contributed by atoms with Gasteiger partial charge >= 0.3 is 5.97 Å². The topological polar surface area (TPSA) is 150 Å². The van der Waals surface area contributed by atoms with Gasteiger partial charge in [0.2, 0.25) is 5.91 Å². The number of cyclic esters (lactones) is 1. The molecule has 4 aromatic heterocycles. The lowest BCUT2D eigenvalue weighted by Gasteiger charge is -2.37. The normalized spacial score (nSPS) is 21.5. The van der Waals surface area contributed by atoms with Crippen LogP contribution in [0, 0.1) is 11.3 Å². The van der Waals surface area contributed by atoms with Crippen LogP contribution in [0.1, 0.15) is 94.0 Å². The Hall–Kier alpha value is -2.92. The minimum atomic E-state index is -1.12. The Morgan fingerprint density at radius 3 is 2.48 bits per heavy atom. The number of ether oxygens (including phenoxy) is 3. The first-order chi connectivity index (χ1) is 28.5. The van der Waals surface area contributed by atoms with Crippen molar-refractivity contribution in [2.45, 2.75) is 97.1 Å². The van der Waals surface area contributed by atoms with Gasteiger partial charge in [-0.25, -0.2) is 10.4 Å². The molecule has 2 fully saturated rings. The molecule has 5 aromatic rings. The summed E-state index contributed by atoms with van der Waals surface area (Å²) in [6.45, 7) is 11.7. The van der Waals surface area contributed by atoms with Crippen molar-refractivity contribution in [2.24, 2.45) is 11.3 Å². The van der Waals surface area contributed by atoms with Gasteiger partial charge in [-0.1, -0.05) is 26.0 Å². The Morgan fingerprint density at radius 1 is 1.03 bits per heavy atom. The van der Waals surface area contributed by atoms with E-state index in [9.17, 15) is 14.4 Å². The predicted molar refractivity (Wildman–Crippen MR) is 287 cm³/mol. The number of carbonyl (C=O) groups excluding carboxylic acids is 3. The number of fused-ring (bicyclic) bond motifs is 6. The van der Waals surface area contributed by atoms with Crippen molar-refractivity contribution in [3.63, 3.8) is 0 Å². The zero-order valence-electron chi connectivity index (χ0n) is 37.6. The standard InChI is InChI=1S/C45H53N7O6S.6H2S/c1-7-51-36-17-16-27-21-30(36)32(39(51)28-13-11-19-47-37(28)26(3)56-6)23-45(4,5)25-58-44(55)34-15-12-20-52(50-34)43(54)38(40(57-8-2)42-48-35(27)24-59-42)49-41(53)31-22-29(31)33-14-9-10-18-46-33;;;;;;/h9-11,13-14,16-19,21,24,26,29,31,34,38,40,50H,7-8,12,15,20,22-23,25H2,1-6H3,(H,49,53);6*1H2/t26-,29-,31-,34-,38-,40-;;;;;;/m0....../s1. The van der Waals surface area contributed by atoms with E-state index in [1.54, 1.807) is 19.5 Å². The van der Waals surface area contributed by atoms with Gasteiger partial charge in [-0.2, -0.15) is 81.0 Å². The quantitative estimate of drug-likeness (QED) is 0.141. The molecule has 6 atom stereocenters. The number of hydrogen-bond acceptors (Lipinski definition) is 11. The lowest BCUT2D eigenvalue weighted by Crippen LogP contribution is -2.61. The minimum absolute atomic E-state index is 0. The average Bonchev–Trinajstić information content (AvgIpc) is 3.82. The molecule has 3 aliphatic rings. The minimum Gasteiger partial charge on any atom is -0.464 e. The molecule has 1 saturated heterocycles. The summed E-state index contributed by atoms with van der Waals surface area (Å²) in [5.74, 6) is -1.44. The van der Waals surface area contributed by atoms with E-state index in [0.717, 1.165) is 50.4 Å². The lowest BCUT2D eigenvalue weighted by molar-refractivity contribution is -0.156. The Morgan fingerprint density at radius 2 is 1.78 bits per heavy atom. The fourth-order valence-corrected chi connectivity index (χ4v) is 9.52. The number of nitrogens with zero attached hydrogens (tertiary/aromatic N) is 5. The molecule has 1 aromatic carbocycles. The third-order valence-electron chi connectivity index (χ3n) is 11.8. The predicted octanol–water partition coefficient (Wildman–Crippen LogP) is 7.61. The van der Waals surface area contributed by atoms with Crippen molar-refractivity contribution in [3.05, 3.63) is 88.3 Å². The highest BCUT2D eigenvalue weighted by Gasteiger charge is 2.48. The maximum atomic E-state index is 14.7. The molecular formula is C45H65N7O6S7. The zero-order chi connectivity index (χ0) is 41.4. The van der Waals surface area contributed by atoms with E-state index >= 15 is 0 Å². The van der Waals surface area contributed by atoms with Gasteiger partial charge in [-0.05, 0) is 88.4 Å². The number of carbonyl (C=O) groups is 3. The Bertz CT molecular complexity index is 2370. The summed E-state index contributed by atoms with van der Waals surface area (Å²) in [6.07, 6.45) is 4.69. The van der Waals surface area contributed by atoms with Gasteiger partial charge in [0.05, 0.1) is 29.8 Å². The van der Waals surface area contributed by atoms with Crippen LogP contribution in [0.5, 0.6) is 0 Å². The maximum absolute atomic E-state index is 14.7. The molecule has 358 valence electrons. The molecule has 2 amide bonds. The molecule has 6 heterocycles. The van der Waals surface area contributed by atoms with Crippen molar-refractivity contribution >= 4 is 121 Å². The summed E-state index contributed by atoms with van der Waals surface area (Å²) in [7, 11) is 1.69. The molecule has 6 bridgehead atoms. The Labute approximate surface area is 428 Å². The molecule has 13 nitrogen and oxygen atoms in total. The molecule has 65 heavy (non-hydrogen) atoms. The van der Waals surface area contributed by atoms with E-state index in [4.69, 9.17) is 24.2 Å². The second-order valence-corrected chi connectivity index (χ2v) is 17.4. The Balaban J connectivity index is 0.00000242. The number of hydrazine groups is 1. The van der Waals surface area contributed by atoms with Crippen molar-refractivity contribution in [2.75, 3.05) is 26.9 Å². The molecule has 8 rings (SSSR count). The van der Waals surface area contributed by atoms with E-state index in [1.807, 2.05) is 43.5 Å². The highest BCUT2D eigenvalue weighted by atomic mass is 32.1. The summed E-state index contributed by atoms with van der Waals surface area (Å²) in [5.41, 5.74) is 10.2. The first-order valence-corrected chi connectivity index (χ1v) is 21.6. The molecule has 20 heteroatoms. The smallest absolute Gasteiger partial charge is 0.324 e. The first kappa shape index (κ1) is 58.2. The highest BCUT2D eigenvalue weighted by molar-refractivity contribution is 7.60. The molecule has 1 saturated carbocycles. The van der Waals surface area contributed by atoms with Gasteiger partial charge in [0.15, 0.2) is 0 Å². The van der Waals surface area contributed by atoms with Crippen LogP contribution in [0.15, 0.2) is 66.3 Å². The number of amides is 2. The molecule has 2 N–H and O–H groups in total. The second-order valence-electron chi connectivity index (χ2n) is 16.5. The number of benzene rings is 1. The number of nitrogens with one attached hydrogen (secondary N) is 2. The third kappa shape index (κ3) is 12.2. The molecule has 2 aliphatic heterocycles. The van der Waals surface area contributed by atoms with Crippen LogP contribution in [0.2, 0.25) is 0 Å². The van der Waals surface area contributed by atoms with Crippen LogP contribution in [-0.4, -0.2) is 81.3 Å².